The molecule has 0 aliphatic heterocycles. The van der Waals surface area contributed by atoms with Crippen molar-refractivity contribution < 1.29 is 0 Å². The largest absolute Gasteiger partial charge is 0.310 e. The molecule has 0 bridgehead atoms. The van der Waals surface area contributed by atoms with Crippen molar-refractivity contribution in [3.8, 4) is 27.9 Å². The maximum Gasteiger partial charge on any atom is 0.0541 e. The first-order valence-electron chi connectivity index (χ1n) is 25.3. The Morgan fingerprint density at radius 1 is 0.592 bits per heavy atom. The maximum absolute atomic E-state index is 2.59. The predicted molar refractivity (Wildman–Crippen MR) is 304 cm³/mol. The van der Waals surface area contributed by atoms with E-state index in [1.807, 2.05) is 0 Å². The Kier molecular flexibility index (Phi) is 10.9. The molecule has 0 spiro atoms. The molecule has 9 aromatic carbocycles. The number of rotatable bonds is 10. The van der Waals surface area contributed by atoms with Crippen molar-refractivity contribution in [1.82, 2.24) is 4.57 Å². The molecule has 12 rings (SSSR count). The summed E-state index contributed by atoms with van der Waals surface area (Å²) in [4.78, 5) is 2.47. The Bertz CT molecular complexity index is 3800. The molecule has 2 heteroatoms. The molecule has 0 saturated heterocycles. The summed E-state index contributed by atoms with van der Waals surface area (Å²) in [6, 6.07) is 76.4. The van der Waals surface area contributed by atoms with Gasteiger partial charge in [-0.25, -0.2) is 0 Å². The van der Waals surface area contributed by atoms with Gasteiger partial charge in [-0.1, -0.05) is 204 Å². The monoisotopic (exact) mass is 914 g/mol. The molecule has 0 N–H and O–H groups in total. The van der Waals surface area contributed by atoms with Gasteiger partial charge in [-0.05, 0) is 147 Å². The van der Waals surface area contributed by atoms with Gasteiger partial charge < -0.3 is 9.47 Å². The summed E-state index contributed by atoms with van der Waals surface area (Å²) in [6.45, 7) is 11.6. The normalized spacial score (nSPS) is 16.3. The minimum absolute atomic E-state index is 0.187. The number of hydrogen-bond donors (Lipinski definition) is 0. The van der Waals surface area contributed by atoms with Crippen LogP contribution in [0.4, 0.5) is 17.1 Å². The number of benzene rings is 9. The zero-order valence-corrected chi connectivity index (χ0v) is 41.3. The third-order valence-electron chi connectivity index (χ3n) is 15.5. The molecule has 344 valence electrons. The van der Waals surface area contributed by atoms with Crippen molar-refractivity contribution in [3.05, 3.63) is 264 Å². The van der Waals surface area contributed by atoms with Crippen LogP contribution in [0.25, 0.3) is 71.7 Å². The average molecular weight is 915 g/mol. The lowest BCUT2D eigenvalue weighted by Gasteiger charge is -2.33. The molecule has 0 radical (unpaired) electrons. The van der Waals surface area contributed by atoms with E-state index in [0.29, 0.717) is 0 Å². The van der Waals surface area contributed by atoms with E-state index in [-0.39, 0.29) is 10.8 Å². The van der Waals surface area contributed by atoms with Crippen molar-refractivity contribution in [3.63, 3.8) is 0 Å². The Balaban J connectivity index is 0.970. The first kappa shape index (κ1) is 44.0. The van der Waals surface area contributed by atoms with Gasteiger partial charge in [0.05, 0.1) is 16.7 Å². The summed E-state index contributed by atoms with van der Waals surface area (Å²) in [5.41, 5.74) is 20.9. The van der Waals surface area contributed by atoms with Gasteiger partial charge in [0, 0.05) is 44.2 Å². The van der Waals surface area contributed by atoms with Crippen LogP contribution in [-0.4, -0.2) is 4.57 Å². The minimum Gasteiger partial charge on any atom is -0.310 e. The van der Waals surface area contributed by atoms with E-state index in [1.54, 1.807) is 0 Å². The van der Waals surface area contributed by atoms with Crippen LogP contribution in [0, 0.1) is 0 Å². The van der Waals surface area contributed by atoms with Gasteiger partial charge in [0.1, 0.15) is 0 Å². The Hall–Kier alpha value is -8.20. The highest BCUT2D eigenvalue weighted by Crippen LogP contribution is 2.56. The summed E-state index contributed by atoms with van der Waals surface area (Å²) in [7, 11) is 0. The van der Waals surface area contributed by atoms with Gasteiger partial charge in [0.15, 0.2) is 0 Å². The summed E-state index contributed by atoms with van der Waals surface area (Å²) in [6.07, 6.45) is 13.6. The van der Waals surface area contributed by atoms with Crippen LogP contribution in [0.2, 0.25) is 0 Å². The molecule has 1 aromatic heterocycles. The first-order valence-corrected chi connectivity index (χ1v) is 25.3. The van der Waals surface area contributed by atoms with Crippen LogP contribution in [0.1, 0.15) is 69.7 Å². The number of anilines is 3. The SMILES string of the molecule is C/C=C\C=C(/CC)c1cccc2cccc(-c3ccc(N(c4ccc5c(c4)C(C)(C)C4=CCC(C)(c6ccc7c(c6)c6ccccc6n7-c6ccccc6)C=C45)c4ccccc4-c4ccccc4)cc3)c12. The van der Waals surface area contributed by atoms with Crippen molar-refractivity contribution in [2.45, 2.75) is 58.3 Å². The quantitative estimate of drug-likeness (QED) is 0.124. The van der Waals surface area contributed by atoms with Gasteiger partial charge in [0.2, 0.25) is 0 Å². The average Bonchev–Trinajstić information content (AvgIpc) is 3.86. The van der Waals surface area contributed by atoms with Crippen LogP contribution < -0.4 is 4.90 Å². The van der Waals surface area contributed by atoms with Crippen molar-refractivity contribution in [2.75, 3.05) is 4.90 Å². The van der Waals surface area contributed by atoms with Crippen LogP contribution >= 0.6 is 0 Å². The zero-order valence-electron chi connectivity index (χ0n) is 41.3. The molecular weight excluding hydrogens is 857 g/mol. The molecule has 1 heterocycles. The fourth-order valence-corrected chi connectivity index (χ4v) is 11.9. The van der Waals surface area contributed by atoms with E-state index in [9.17, 15) is 0 Å². The Morgan fingerprint density at radius 3 is 2.06 bits per heavy atom. The Labute approximate surface area is 418 Å². The second-order valence-corrected chi connectivity index (χ2v) is 20.1. The van der Waals surface area contributed by atoms with Gasteiger partial charge in [-0.3, -0.25) is 0 Å². The summed E-state index contributed by atoms with van der Waals surface area (Å²) in [5, 5.41) is 5.12. The summed E-state index contributed by atoms with van der Waals surface area (Å²) in [5.74, 6) is 0. The van der Waals surface area contributed by atoms with E-state index in [1.165, 1.54) is 99.5 Å². The van der Waals surface area contributed by atoms with Crippen LogP contribution in [0.15, 0.2) is 242 Å². The molecule has 2 aliphatic rings. The molecule has 2 nitrogen and oxygen atoms in total. The third kappa shape index (κ3) is 7.40. The van der Waals surface area contributed by atoms with Gasteiger partial charge in [-0.15, -0.1) is 0 Å². The smallest absolute Gasteiger partial charge is 0.0541 e. The zero-order chi connectivity index (χ0) is 48.3. The predicted octanol–water partition coefficient (Wildman–Crippen LogP) is 19.1. The van der Waals surface area contributed by atoms with Gasteiger partial charge in [-0.2, -0.15) is 0 Å². The standard InChI is InChI=1S/C69H58N2/c1-6-8-21-47(7-2)56-30-19-24-50-25-20-31-57(67(50)56)49-34-37-53(38-35-49)70(64-32-17-15-28-55(64)48-22-11-9-12-23-48)54-39-40-58-61-46-69(5,43-42-62(61)68(3,4)63(58)45-54)51-36-41-66-60(44-51)59-29-16-18-33-65(59)71(66)52-26-13-10-14-27-52/h6,8-42,44-46H,7,43H2,1-5H3/b8-6-,47-21+. The molecule has 0 saturated carbocycles. The van der Waals surface area contributed by atoms with Crippen molar-refractivity contribution >= 4 is 60.8 Å². The summed E-state index contributed by atoms with van der Waals surface area (Å²) >= 11 is 0. The molecule has 71 heavy (non-hydrogen) atoms. The second-order valence-electron chi connectivity index (χ2n) is 20.1. The molecule has 10 aromatic rings. The molecule has 0 amide bonds. The second kappa shape index (κ2) is 17.6. The number of fused-ring (bicyclic) bond motifs is 7. The molecule has 1 atom stereocenters. The number of aromatic nitrogens is 1. The Morgan fingerprint density at radius 2 is 1.27 bits per heavy atom. The first-order chi connectivity index (χ1) is 34.8. The lowest BCUT2D eigenvalue weighted by Crippen LogP contribution is -2.24. The van der Waals surface area contributed by atoms with E-state index >= 15 is 0 Å². The van der Waals surface area contributed by atoms with Gasteiger partial charge in [0.25, 0.3) is 0 Å². The van der Waals surface area contributed by atoms with Crippen LogP contribution in [0.5, 0.6) is 0 Å². The highest BCUT2D eigenvalue weighted by atomic mass is 15.1. The lowest BCUT2D eigenvalue weighted by molar-refractivity contribution is 0.582. The number of allylic oxidation sites excluding steroid dienone is 8. The highest BCUT2D eigenvalue weighted by molar-refractivity contribution is 6.10. The lowest BCUT2D eigenvalue weighted by atomic mass is 9.71. The van der Waals surface area contributed by atoms with Crippen LogP contribution in [-0.2, 0) is 10.8 Å². The molecule has 0 fully saturated rings. The molecular formula is C69H58N2. The van der Waals surface area contributed by atoms with Crippen molar-refractivity contribution in [1.29, 1.82) is 0 Å². The van der Waals surface area contributed by atoms with E-state index < -0.39 is 0 Å². The molecule has 2 aliphatic carbocycles. The van der Waals surface area contributed by atoms with Crippen LogP contribution in [0.3, 0.4) is 0 Å². The topological polar surface area (TPSA) is 8.17 Å². The summed E-state index contributed by atoms with van der Waals surface area (Å²) < 4.78 is 2.41. The maximum atomic E-state index is 2.59. The van der Waals surface area contributed by atoms with E-state index in [2.05, 4.69) is 281 Å². The highest BCUT2D eigenvalue weighted by Gasteiger charge is 2.42. The third-order valence-corrected chi connectivity index (χ3v) is 15.5. The fraction of sp³-hybridized carbons (Fsp3) is 0.130. The number of para-hydroxylation sites is 3. The van der Waals surface area contributed by atoms with E-state index in [0.717, 1.165) is 29.9 Å². The fourth-order valence-electron chi connectivity index (χ4n) is 11.9. The van der Waals surface area contributed by atoms with Gasteiger partial charge >= 0.3 is 0 Å². The van der Waals surface area contributed by atoms with E-state index in [4.69, 9.17) is 0 Å². The molecule has 1 unspecified atom stereocenters. The minimum atomic E-state index is -0.190. The number of nitrogens with zero attached hydrogens (tertiary/aromatic N) is 2. The number of hydrogen-bond acceptors (Lipinski definition) is 1. The van der Waals surface area contributed by atoms with Crippen molar-refractivity contribution in [2.24, 2.45) is 0 Å².